The number of halogens is 1. The highest BCUT2D eigenvalue weighted by atomic mass is 32.2. The fourth-order valence-electron chi connectivity index (χ4n) is 2.75. The van der Waals surface area contributed by atoms with Crippen LogP contribution in [0, 0.1) is 5.82 Å². The normalized spacial score (nSPS) is 12.4. The zero-order valence-corrected chi connectivity index (χ0v) is 17.0. The Bertz CT molecular complexity index is 1200. The van der Waals surface area contributed by atoms with Crippen molar-refractivity contribution in [1.82, 2.24) is 10.9 Å². The molecule has 10 heteroatoms. The number of rotatable bonds is 6. The summed E-state index contributed by atoms with van der Waals surface area (Å²) in [6.07, 6.45) is -0.0756. The van der Waals surface area contributed by atoms with Gasteiger partial charge in [0.1, 0.15) is 5.58 Å². The van der Waals surface area contributed by atoms with Gasteiger partial charge in [-0.05, 0) is 25.1 Å². The van der Waals surface area contributed by atoms with E-state index >= 15 is 0 Å². The first-order valence-electron chi connectivity index (χ1n) is 8.85. The van der Waals surface area contributed by atoms with Gasteiger partial charge in [-0.3, -0.25) is 20.4 Å². The summed E-state index contributed by atoms with van der Waals surface area (Å²) in [6.45, 7) is 1.38. The molecule has 2 N–H and O–H groups in total. The smallest absolute Gasteiger partial charge is 0.305 e. The fourth-order valence-corrected chi connectivity index (χ4v) is 3.56. The topological polar surface area (TPSA) is 115 Å². The van der Waals surface area contributed by atoms with Crippen LogP contribution in [-0.4, -0.2) is 32.6 Å². The highest BCUT2D eigenvalue weighted by molar-refractivity contribution is 7.89. The van der Waals surface area contributed by atoms with E-state index in [0.29, 0.717) is 11.0 Å². The summed E-state index contributed by atoms with van der Waals surface area (Å²) in [4.78, 5) is 24.7. The molecule has 0 saturated heterocycles. The van der Waals surface area contributed by atoms with Gasteiger partial charge < -0.3 is 9.15 Å². The van der Waals surface area contributed by atoms with Gasteiger partial charge in [0, 0.05) is 17.2 Å². The van der Waals surface area contributed by atoms with Crippen molar-refractivity contribution in [3.8, 4) is 5.75 Å². The number of para-hydroxylation sites is 2. The maximum Gasteiger partial charge on any atom is 0.305 e. The molecule has 1 unspecified atom stereocenters. The van der Waals surface area contributed by atoms with Crippen molar-refractivity contribution in [1.29, 1.82) is 0 Å². The van der Waals surface area contributed by atoms with E-state index < -0.39 is 39.3 Å². The van der Waals surface area contributed by atoms with Gasteiger partial charge >= 0.3 is 5.91 Å². The second-order valence-electron chi connectivity index (χ2n) is 6.61. The van der Waals surface area contributed by atoms with Crippen LogP contribution in [0.4, 0.5) is 4.39 Å². The van der Waals surface area contributed by atoms with E-state index in [4.69, 9.17) is 9.15 Å². The summed E-state index contributed by atoms with van der Waals surface area (Å²) in [5.41, 5.74) is 4.85. The number of amides is 2. The molecule has 0 spiro atoms. The zero-order valence-electron chi connectivity index (χ0n) is 16.1. The van der Waals surface area contributed by atoms with Crippen LogP contribution >= 0.6 is 0 Å². The predicted octanol–water partition coefficient (Wildman–Crippen LogP) is 2.35. The molecule has 0 saturated carbocycles. The lowest BCUT2D eigenvalue weighted by Crippen LogP contribution is -2.47. The molecule has 1 aromatic heterocycles. The molecule has 3 aromatic rings. The van der Waals surface area contributed by atoms with Crippen LogP contribution in [0.25, 0.3) is 11.0 Å². The van der Waals surface area contributed by atoms with Gasteiger partial charge in [0.05, 0.1) is 5.75 Å². The minimum absolute atomic E-state index is 0.112. The number of hydrazine groups is 1. The van der Waals surface area contributed by atoms with Crippen molar-refractivity contribution < 1.29 is 31.6 Å². The van der Waals surface area contributed by atoms with Gasteiger partial charge in [-0.1, -0.05) is 30.3 Å². The van der Waals surface area contributed by atoms with Crippen LogP contribution in [0.15, 0.2) is 52.9 Å². The van der Waals surface area contributed by atoms with Crippen molar-refractivity contribution in [2.75, 3.05) is 6.26 Å². The summed E-state index contributed by atoms with van der Waals surface area (Å²) >= 11 is 0. The summed E-state index contributed by atoms with van der Waals surface area (Å²) in [7, 11) is -3.46. The van der Waals surface area contributed by atoms with Gasteiger partial charge in [-0.2, -0.15) is 0 Å². The average Bonchev–Trinajstić information content (AvgIpc) is 3.04. The highest BCUT2D eigenvalue weighted by Gasteiger charge is 2.24. The number of hydrogen-bond donors (Lipinski definition) is 2. The molecule has 0 fully saturated rings. The molecule has 1 heterocycles. The molecule has 3 rings (SSSR count). The molecule has 30 heavy (non-hydrogen) atoms. The minimum atomic E-state index is -3.46. The molecular formula is C20H19FN2O6S. The fraction of sp³-hybridized carbons (Fsp3) is 0.200. The average molecular weight is 434 g/mol. The van der Waals surface area contributed by atoms with Crippen LogP contribution in [0.3, 0.4) is 0 Å². The van der Waals surface area contributed by atoms with Crippen molar-refractivity contribution in [2.24, 2.45) is 0 Å². The number of carbonyl (C=O) groups is 2. The Morgan fingerprint density at radius 1 is 1.10 bits per heavy atom. The third kappa shape index (κ3) is 4.95. The Hall–Kier alpha value is -3.40. The van der Waals surface area contributed by atoms with E-state index in [1.807, 2.05) is 0 Å². The monoisotopic (exact) mass is 434 g/mol. The quantitative estimate of drug-likeness (QED) is 0.576. The van der Waals surface area contributed by atoms with Crippen LogP contribution in [0.2, 0.25) is 0 Å². The first kappa shape index (κ1) is 21.3. The van der Waals surface area contributed by atoms with Crippen molar-refractivity contribution in [2.45, 2.75) is 18.8 Å². The molecule has 8 nitrogen and oxygen atoms in total. The summed E-state index contributed by atoms with van der Waals surface area (Å²) < 4.78 is 48.0. The van der Waals surface area contributed by atoms with Gasteiger partial charge in [0.15, 0.2) is 33.3 Å². The highest BCUT2D eigenvalue weighted by Crippen LogP contribution is 2.27. The number of hydrogen-bond acceptors (Lipinski definition) is 6. The van der Waals surface area contributed by atoms with Crippen LogP contribution in [0.1, 0.15) is 23.0 Å². The van der Waals surface area contributed by atoms with Gasteiger partial charge in [-0.25, -0.2) is 12.8 Å². The van der Waals surface area contributed by atoms with E-state index in [-0.39, 0.29) is 17.1 Å². The Morgan fingerprint density at radius 3 is 2.47 bits per heavy atom. The Labute approximate surface area is 171 Å². The Balaban J connectivity index is 1.73. The van der Waals surface area contributed by atoms with Crippen molar-refractivity contribution in [3.63, 3.8) is 0 Å². The van der Waals surface area contributed by atoms with E-state index in [2.05, 4.69) is 10.9 Å². The lowest BCUT2D eigenvalue weighted by Gasteiger charge is -2.15. The van der Waals surface area contributed by atoms with E-state index in [0.717, 1.165) is 6.26 Å². The lowest BCUT2D eigenvalue weighted by atomic mass is 10.1. The summed E-state index contributed by atoms with van der Waals surface area (Å²) in [5.74, 6) is -2.96. The number of nitrogens with one attached hydrogen (secondary N) is 2. The third-order valence-electron chi connectivity index (χ3n) is 4.12. The van der Waals surface area contributed by atoms with Crippen molar-refractivity contribution in [3.05, 3.63) is 65.7 Å². The first-order valence-corrected chi connectivity index (χ1v) is 10.9. The number of fused-ring (bicyclic) bond motifs is 1. The first-order chi connectivity index (χ1) is 14.2. The molecule has 0 aliphatic carbocycles. The maximum absolute atomic E-state index is 13.6. The molecule has 158 valence electrons. The summed E-state index contributed by atoms with van der Waals surface area (Å²) in [5, 5.41) is 0.482. The molecule has 2 amide bonds. The summed E-state index contributed by atoms with van der Waals surface area (Å²) in [6, 6.07) is 12.2. The standard InChI is InChI=1S/C20H19FN2O6S/c1-12(28-17-10-6-4-8-15(17)21)19(24)22-23-20(25)18-14(11-30(2,26)27)13-7-3-5-9-16(13)29-18/h3-10,12H,11H2,1-2H3,(H,22,24)(H,23,25). The molecule has 1 atom stereocenters. The lowest BCUT2D eigenvalue weighted by molar-refractivity contribution is -0.128. The Morgan fingerprint density at radius 2 is 1.77 bits per heavy atom. The molecule has 0 aliphatic rings. The molecule has 0 radical (unpaired) electrons. The maximum atomic E-state index is 13.6. The largest absolute Gasteiger partial charge is 0.478 e. The van der Waals surface area contributed by atoms with Crippen molar-refractivity contribution >= 4 is 32.6 Å². The van der Waals surface area contributed by atoms with E-state index in [1.165, 1.54) is 25.1 Å². The zero-order chi connectivity index (χ0) is 21.9. The molecule has 0 bridgehead atoms. The SMILES string of the molecule is CC(Oc1ccccc1F)C(=O)NNC(=O)c1oc2ccccc2c1CS(C)(=O)=O. The van der Waals surface area contributed by atoms with E-state index in [9.17, 15) is 22.4 Å². The molecule has 0 aliphatic heterocycles. The minimum Gasteiger partial charge on any atom is -0.478 e. The second kappa shape index (κ2) is 8.54. The van der Waals surface area contributed by atoms with Crippen LogP contribution < -0.4 is 15.6 Å². The van der Waals surface area contributed by atoms with Gasteiger partial charge in [-0.15, -0.1) is 0 Å². The number of ether oxygens (including phenoxy) is 1. The molecule has 2 aromatic carbocycles. The Kier molecular flexibility index (Phi) is 6.06. The van der Waals surface area contributed by atoms with E-state index in [1.54, 1.807) is 30.3 Å². The van der Waals surface area contributed by atoms with Gasteiger partial charge in [0.25, 0.3) is 5.91 Å². The van der Waals surface area contributed by atoms with Crippen LogP contribution in [-0.2, 0) is 20.4 Å². The van der Waals surface area contributed by atoms with Crippen LogP contribution in [0.5, 0.6) is 5.75 Å². The van der Waals surface area contributed by atoms with Gasteiger partial charge in [0.2, 0.25) is 0 Å². The third-order valence-corrected chi connectivity index (χ3v) is 4.93. The second-order valence-corrected chi connectivity index (χ2v) is 8.75. The number of carbonyl (C=O) groups excluding carboxylic acids is 2. The number of sulfone groups is 1. The molecular weight excluding hydrogens is 415 g/mol. The number of benzene rings is 2. The predicted molar refractivity (Wildman–Crippen MR) is 107 cm³/mol. The number of furan rings is 1.